The van der Waals surface area contributed by atoms with Crippen LogP contribution in [0.15, 0.2) is 18.3 Å². The van der Waals surface area contributed by atoms with E-state index in [1.54, 1.807) is 18.3 Å². The molecule has 1 fully saturated rings. The molecule has 1 aromatic rings. The first kappa shape index (κ1) is 12.8. The van der Waals surface area contributed by atoms with Crippen molar-refractivity contribution in [3.8, 4) is 5.88 Å². The number of carbonyl (C=O) groups excluding carboxylic acids is 1. The predicted molar refractivity (Wildman–Crippen MR) is 66.7 cm³/mol. The van der Waals surface area contributed by atoms with Gasteiger partial charge in [-0.1, -0.05) is 0 Å². The Bertz CT molecular complexity index is 403. The molecule has 5 heteroatoms. The van der Waals surface area contributed by atoms with Crippen LogP contribution < -0.4 is 10.1 Å². The lowest BCUT2D eigenvalue weighted by Crippen LogP contribution is -2.32. The summed E-state index contributed by atoms with van der Waals surface area (Å²) in [5.74, 6) is 0.215. The van der Waals surface area contributed by atoms with Gasteiger partial charge in [0.15, 0.2) is 0 Å². The minimum atomic E-state index is -0.165. The molecular formula is C13H18N2O3. The second kappa shape index (κ2) is 6.35. The SMILES string of the molecule is CCOc1ncccc1C(=O)NCC1CCCO1. The van der Waals surface area contributed by atoms with Crippen LogP contribution in [0.4, 0.5) is 0 Å². The standard InChI is InChI=1S/C13H18N2O3/c1-2-17-13-11(6-3-7-14-13)12(16)15-9-10-5-4-8-18-10/h3,6-7,10H,2,4-5,8-9H2,1H3,(H,15,16). The molecule has 1 amide bonds. The van der Waals surface area contributed by atoms with Crippen molar-refractivity contribution in [3.63, 3.8) is 0 Å². The van der Waals surface area contributed by atoms with Crippen LogP contribution >= 0.6 is 0 Å². The van der Waals surface area contributed by atoms with Gasteiger partial charge in [0, 0.05) is 19.3 Å². The monoisotopic (exact) mass is 250 g/mol. The molecular weight excluding hydrogens is 232 g/mol. The second-order valence-corrected chi connectivity index (χ2v) is 4.13. The summed E-state index contributed by atoms with van der Waals surface area (Å²) in [5, 5.41) is 2.86. The van der Waals surface area contributed by atoms with Crippen LogP contribution in [0.5, 0.6) is 5.88 Å². The maximum Gasteiger partial charge on any atom is 0.256 e. The van der Waals surface area contributed by atoms with Crippen LogP contribution in [0.1, 0.15) is 30.1 Å². The van der Waals surface area contributed by atoms with Crippen molar-refractivity contribution in [2.24, 2.45) is 0 Å². The molecule has 0 bridgehead atoms. The molecule has 1 saturated heterocycles. The molecule has 18 heavy (non-hydrogen) atoms. The van der Waals surface area contributed by atoms with Crippen molar-refractivity contribution in [2.45, 2.75) is 25.9 Å². The highest BCUT2D eigenvalue weighted by Crippen LogP contribution is 2.15. The molecule has 0 aliphatic carbocycles. The van der Waals surface area contributed by atoms with Gasteiger partial charge in [-0.05, 0) is 31.9 Å². The summed E-state index contributed by atoms with van der Waals surface area (Å²) in [4.78, 5) is 16.1. The largest absolute Gasteiger partial charge is 0.477 e. The molecule has 0 saturated carbocycles. The molecule has 1 N–H and O–H groups in total. The number of hydrogen-bond acceptors (Lipinski definition) is 4. The number of ether oxygens (including phenoxy) is 2. The number of hydrogen-bond donors (Lipinski definition) is 1. The third-order valence-electron chi connectivity index (χ3n) is 2.81. The number of rotatable bonds is 5. The molecule has 2 rings (SSSR count). The summed E-state index contributed by atoms with van der Waals surface area (Å²) in [7, 11) is 0. The van der Waals surface area contributed by atoms with E-state index in [9.17, 15) is 4.79 Å². The highest BCUT2D eigenvalue weighted by molar-refractivity contribution is 5.96. The van der Waals surface area contributed by atoms with Crippen molar-refractivity contribution >= 4 is 5.91 Å². The fourth-order valence-electron chi connectivity index (χ4n) is 1.92. The molecule has 1 unspecified atom stereocenters. The zero-order chi connectivity index (χ0) is 12.8. The number of carbonyl (C=O) groups is 1. The van der Waals surface area contributed by atoms with Crippen LogP contribution in [0.25, 0.3) is 0 Å². The Morgan fingerprint density at radius 3 is 3.28 bits per heavy atom. The fourth-order valence-corrected chi connectivity index (χ4v) is 1.92. The Labute approximate surface area is 107 Å². The number of pyridine rings is 1. The topological polar surface area (TPSA) is 60.5 Å². The Morgan fingerprint density at radius 1 is 1.67 bits per heavy atom. The van der Waals surface area contributed by atoms with E-state index < -0.39 is 0 Å². The molecule has 1 atom stereocenters. The van der Waals surface area contributed by atoms with E-state index in [1.165, 1.54) is 0 Å². The van der Waals surface area contributed by atoms with E-state index in [2.05, 4.69) is 10.3 Å². The average molecular weight is 250 g/mol. The van der Waals surface area contributed by atoms with Gasteiger partial charge in [-0.3, -0.25) is 4.79 Å². The van der Waals surface area contributed by atoms with E-state index in [-0.39, 0.29) is 12.0 Å². The summed E-state index contributed by atoms with van der Waals surface area (Å²) in [6.45, 7) is 3.68. The highest BCUT2D eigenvalue weighted by Gasteiger charge is 2.18. The molecule has 98 valence electrons. The van der Waals surface area contributed by atoms with Crippen LogP contribution in [-0.4, -0.2) is 36.8 Å². The Hall–Kier alpha value is -1.62. The van der Waals surface area contributed by atoms with Crippen LogP contribution in [0.3, 0.4) is 0 Å². The van der Waals surface area contributed by atoms with Crippen LogP contribution in [0, 0.1) is 0 Å². The molecule has 0 radical (unpaired) electrons. The summed E-state index contributed by atoms with van der Waals surface area (Å²) in [6, 6.07) is 3.44. The van der Waals surface area contributed by atoms with Crippen molar-refractivity contribution in [2.75, 3.05) is 19.8 Å². The minimum Gasteiger partial charge on any atom is -0.477 e. The molecule has 0 aromatic carbocycles. The van der Waals surface area contributed by atoms with Gasteiger partial charge < -0.3 is 14.8 Å². The predicted octanol–water partition coefficient (Wildman–Crippen LogP) is 1.39. The van der Waals surface area contributed by atoms with Gasteiger partial charge in [0.25, 0.3) is 5.91 Å². The van der Waals surface area contributed by atoms with E-state index >= 15 is 0 Å². The minimum absolute atomic E-state index is 0.140. The molecule has 1 aromatic heterocycles. The van der Waals surface area contributed by atoms with E-state index in [4.69, 9.17) is 9.47 Å². The third kappa shape index (κ3) is 3.20. The van der Waals surface area contributed by atoms with Crippen LogP contribution in [-0.2, 0) is 4.74 Å². The van der Waals surface area contributed by atoms with Gasteiger partial charge in [-0.15, -0.1) is 0 Å². The lowest BCUT2D eigenvalue weighted by atomic mass is 10.2. The molecule has 1 aliphatic heterocycles. The Balaban J connectivity index is 1.94. The first-order valence-corrected chi connectivity index (χ1v) is 6.29. The Kier molecular flexibility index (Phi) is 4.52. The maximum atomic E-state index is 12.0. The summed E-state index contributed by atoms with van der Waals surface area (Å²) >= 11 is 0. The summed E-state index contributed by atoms with van der Waals surface area (Å²) in [6.07, 6.45) is 3.83. The lowest BCUT2D eigenvalue weighted by Gasteiger charge is -2.12. The fraction of sp³-hybridized carbons (Fsp3) is 0.538. The first-order valence-electron chi connectivity index (χ1n) is 6.29. The van der Waals surface area contributed by atoms with Crippen molar-refractivity contribution < 1.29 is 14.3 Å². The third-order valence-corrected chi connectivity index (χ3v) is 2.81. The smallest absolute Gasteiger partial charge is 0.256 e. The number of nitrogens with zero attached hydrogens (tertiary/aromatic N) is 1. The van der Waals surface area contributed by atoms with Gasteiger partial charge in [0.2, 0.25) is 5.88 Å². The first-order chi connectivity index (χ1) is 8.81. The lowest BCUT2D eigenvalue weighted by molar-refractivity contribution is 0.0854. The van der Waals surface area contributed by atoms with Gasteiger partial charge in [-0.25, -0.2) is 4.98 Å². The number of aromatic nitrogens is 1. The van der Waals surface area contributed by atoms with E-state index in [0.717, 1.165) is 19.4 Å². The van der Waals surface area contributed by atoms with Gasteiger partial charge in [0.05, 0.1) is 12.7 Å². The Morgan fingerprint density at radius 2 is 2.56 bits per heavy atom. The summed E-state index contributed by atoms with van der Waals surface area (Å²) in [5.41, 5.74) is 0.470. The number of nitrogens with one attached hydrogen (secondary N) is 1. The quantitative estimate of drug-likeness (QED) is 0.858. The van der Waals surface area contributed by atoms with Gasteiger partial charge in [-0.2, -0.15) is 0 Å². The highest BCUT2D eigenvalue weighted by atomic mass is 16.5. The van der Waals surface area contributed by atoms with Crippen molar-refractivity contribution in [1.29, 1.82) is 0 Å². The molecule has 5 nitrogen and oxygen atoms in total. The van der Waals surface area contributed by atoms with Crippen LogP contribution in [0.2, 0.25) is 0 Å². The average Bonchev–Trinajstić information content (AvgIpc) is 2.90. The second-order valence-electron chi connectivity index (χ2n) is 4.13. The maximum absolute atomic E-state index is 12.0. The van der Waals surface area contributed by atoms with E-state index in [0.29, 0.717) is 24.6 Å². The number of amides is 1. The molecule has 2 heterocycles. The zero-order valence-electron chi connectivity index (χ0n) is 10.5. The molecule has 1 aliphatic rings. The van der Waals surface area contributed by atoms with Gasteiger partial charge in [0.1, 0.15) is 5.56 Å². The van der Waals surface area contributed by atoms with E-state index in [1.807, 2.05) is 6.92 Å². The normalized spacial score (nSPS) is 18.6. The summed E-state index contributed by atoms with van der Waals surface area (Å²) < 4.78 is 10.8. The van der Waals surface area contributed by atoms with Crippen molar-refractivity contribution in [3.05, 3.63) is 23.9 Å². The van der Waals surface area contributed by atoms with Gasteiger partial charge >= 0.3 is 0 Å². The zero-order valence-corrected chi connectivity index (χ0v) is 10.5. The van der Waals surface area contributed by atoms with Crippen molar-refractivity contribution in [1.82, 2.24) is 10.3 Å². The molecule has 0 spiro atoms.